The molecule has 12 rings (SSSR count). The third-order valence-electron chi connectivity index (χ3n) is 10.2. The minimum Gasteiger partial charge on any atom is -0.456 e. The Balaban J connectivity index is 1.16. The maximum atomic E-state index is 6.62. The SMILES string of the molecule is c1ccc(-c2nc3c4cc(N(c5ccc6c(c5)oc5ccccc56)c5ccc6c(c5)oc5ccccc56)cc5oc6cccc(c3o2)c6c54)cc1. The Morgan fingerprint density at radius 2 is 0.922 bits per heavy atom. The highest BCUT2D eigenvalue weighted by atomic mass is 16.4. The first kappa shape index (κ1) is 26.9. The zero-order valence-electron chi connectivity index (χ0n) is 26.9. The molecular formula is C45H24N2O4. The quantitative estimate of drug-likeness (QED) is 0.176. The molecule has 0 saturated carbocycles. The summed E-state index contributed by atoms with van der Waals surface area (Å²) in [5, 5.41) is 8.33. The smallest absolute Gasteiger partial charge is 0.227 e. The van der Waals surface area contributed by atoms with Crippen LogP contribution < -0.4 is 4.90 Å². The summed E-state index contributed by atoms with van der Waals surface area (Å²) in [5.41, 5.74) is 10.2. The van der Waals surface area contributed by atoms with Gasteiger partial charge in [0.15, 0.2) is 5.58 Å². The van der Waals surface area contributed by atoms with Gasteiger partial charge in [-0.2, -0.15) is 0 Å². The molecule has 12 aromatic rings. The maximum Gasteiger partial charge on any atom is 0.227 e. The highest BCUT2D eigenvalue weighted by molar-refractivity contribution is 6.32. The molecule has 0 N–H and O–H groups in total. The predicted molar refractivity (Wildman–Crippen MR) is 205 cm³/mol. The Hall–Kier alpha value is -7.05. The second-order valence-corrected chi connectivity index (χ2v) is 13.1. The largest absolute Gasteiger partial charge is 0.456 e. The molecule has 0 fully saturated rings. The fourth-order valence-electron chi connectivity index (χ4n) is 7.98. The van der Waals surface area contributed by atoms with Crippen molar-refractivity contribution in [2.24, 2.45) is 0 Å². The lowest BCUT2D eigenvalue weighted by atomic mass is 9.99. The molecule has 51 heavy (non-hydrogen) atoms. The highest BCUT2D eigenvalue weighted by Crippen LogP contribution is 2.48. The molecule has 4 aromatic heterocycles. The average Bonchev–Trinajstić information content (AvgIpc) is 3.96. The number of nitrogens with zero attached hydrogens (tertiary/aromatic N) is 2. The van der Waals surface area contributed by atoms with E-state index in [2.05, 4.69) is 71.6 Å². The van der Waals surface area contributed by atoms with Gasteiger partial charge in [-0.15, -0.1) is 0 Å². The van der Waals surface area contributed by atoms with E-state index in [1.165, 1.54) is 0 Å². The molecule has 238 valence electrons. The summed E-state index contributed by atoms with van der Waals surface area (Å²) in [6, 6.07) is 49.6. The van der Waals surface area contributed by atoms with Crippen LogP contribution in [0.5, 0.6) is 0 Å². The van der Waals surface area contributed by atoms with Crippen molar-refractivity contribution >= 4 is 105 Å². The van der Waals surface area contributed by atoms with Crippen LogP contribution >= 0.6 is 0 Å². The minimum absolute atomic E-state index is 0.584. The Bertz CT molecular complexity index is 3210. The number of fused-ring (bicyclic) bond motifs is 9. The van der Waals surface area contributed by atoms with Gasteiger partial charge in [-0.25, -0.2) is 4.98 Å². The zero-order chi connectivity index (χ0) is 33.2. The molecule has 4 heterocycles. The van der Waals surface area contributed by atoms with Crippen LogP contribution in [0.15, 0.2) is 163 Å². The second kappa shape index (κ2) is 9.77. The van der Waals surface area contributed by atoms with Gasteiger partial charge in [0, 0.05) is 78.2 Å². The van der Waals surface area contributed by atoms with Gasteiger partial charge in [0.25, 0.3) is 0 Å². The first-order valence-corrected chi connectivity index (χ1v) is 16.9. The van der Waals surface area contributed by atoms with Crippen molar-refractivity contribution in [2.45, 2.75) is 0 Å². The number of para-hydroxylation sites is 2. The Morgan fingerprint density at radius 3 is 1.63 bits per heavy atom. The molecule has 0 saturated heterocycles. The normalized spacial score (nSPS) is 12.3. The van der Waals surface area contributed by atoms with E-state index in [0.717, 1.165) is 110 Å². The molecule has 6 heteroatoms. The van der Waals surface area contributed by atoms with E-state index in [4.69, 9.17) is 22.7 Å². The molecule has 0 spiro atoms. The van der Waals surface area contributed by atoms with Gasteiger partial charge in [0.05, 0.1) is 5.69 Å². The summed E-state index contributed by atoms with van der Waals surface area (Å²) in [5.74, 6) is 0.584. The van der Waals surface area contributed by atoms with Crippen LogP contribution in [0.2, 0.25) is 0 Å². The molecule has 0 radical (unpaired) electrons. The van der Waals surface area contributed by atoms with Crippen LogP contribution in [-0.2, 0) is 0 Å². The van der Waals surface area contributed by atoms with Gasteiger partial charge in [-0.3, -0.25) is 0 Å². The number of rotatable bonds is 4. The lowest BCUT2D eigenvalue weighted by molar-refractivity contribution is 0.623. The Kier molecular flexibility index (Phi) is 5.14. The Morgan fingerprint density at radius 1 is 0.373 bits per heavy atom. The first-order valence-electron chi connectivity index (χ1n) is 16.9. The molecule has 6 nitrogen and oxygen atoms in total. The van der Waals surface area contributed by atoms with Gasteiger partial charge in [-0.1, -0.05) is 66.7 Å². The minimum atomic E-state index is 0.584. The molecule has 0 amide bonds. The van der Waals surface area contributed by atoms with Crippen LogP contribution in [0, 0.1) is 0 Å². The van der Waals surface area contributed by atoms with Crippen LogP contribution in [0.4, 0.5) is 17.1 Å². The van der Waals surface area contributed by atoms with E-state index in [1.807, 2.05) is 78.9 Å². The molecule has 0 atom stereocenters. The number of benzene rings is 8. The molecule has 0 unspecified atom stereocenters. The van der Waals surface area contributed by atoms with Crippen molar-refractivity contribution < 1.29 is 17.7 Å². The number of oxazole rings is 1. The standard InChI is InChI=1S/C45H24N2O4/c1-2-9-25(10-3-1)45-46-43-34-21-28(24-40-42(34)41-33(44(43)51-45)13-8-16-37(41)50-40)47(26-17-19-31-29-11-4-6-14-35(29)48-38(31)22-26)27-18-20-32-30-12-5-7-15-36(30)49-39(32)23-27/h1-24H. The lowest BCUT2D eigenvalue weighted by Crippen LogP contribution is -2.10. The lowest BCUT2D eigenvalue weighted by Gasteiger charge is -2.25. The molecular weight excluding hydrogens is 633 g/mol. The summed E-state index contributed by atoms with van der Waals surface area (Å²) in [4.78, 5) is 7.36. The third kappa shape index (κ3) is 3.73. The topological polar surface area (TPSA) is 68.7 Å². The average molecular weight is 657 g/mol. The molecule has 0 aliphatic rings. The number of anilines is 3. The van der Waals surface area contributed by atoms with E-state index in [9.17, 15) is 0 Å². The summed E-state index contributed by atoms with van der Waals surface area (Å²) in [7, 11) is 0. The fraction of sp³-hybridized carbons (Fsp3) is 0. The van der Waals surface area contributed by atoms with Crippen LogP contribution in [0.25, 0.3) is 99.1 Å². The number of aromatic nitrogens is 1. The van der Waals surface area contributed by atoms with E-state index < -0.39 is 0 Å². The van der Waals surface area contributed by atoms with Gasteiger partial charge >= 0.3 is 0 Å². The van der Waals surface area contributed by atoms with Crippen molar-refractivity contribution in [2.75, 3.05) is 4.90 Å². The van der Waals surface area contributed by atoms with Gasteiger partial charge in [-0.05, 0) is 60.7 Å². The van der Waals surface area contributed by atoms with Crippen molar-refractivity contribution in [3.8, 4) is 11.5 Å². The predicted octanol–water partition coefficient (Wildman–Crippen LogP) is 13.3. The van der Waals surface area contributed by atoms with E-state index >= 15 is 0 Å². The summed E-state index contributed by atoms with van der Waals surface area (Å²) in [6.07, 6.45) is 0. The maximum absolute atomic E-state index is 6.62. The summed E-state index contributed by atoms with van der Waals surface area (Å²) < 4.78 is 26.0. The number of furan rings is 3. The Labute approximate surface area is 288 Å². The van der Waals surface area contributed by atoms with E-state index in [1.54, 1.807) is 0 Å². The highest BCUT2D eigenvalue weighted by Gasteiger charge is 2.25. The number of hydrogen-bond donors (Lipinski definition) is 0. The van der Waals surface area contributed by atoms with Crippen molar-refractivity contribution in [3.63, 3.8) is 0 Å². The monoisotopic (exact) mass is 656 g/mol. The summed E-state index contributed by atoms with van der Waals surface area (Å²) >= 11 is 0. The number of hydrogen-bond acceptors (Lipinski definition) is 6. The second-order valence-electron chi connectivity index (χ2n) is 13.1. The van der Waals surface area contributed by atoms with Crippen LogP contribution in [0.1, 0.15) is 0 Å². The van der Waals surface area contributed by atoms with E-state index in [0.29, 0.717) is 5.89 Å². The van der Waals surface area contributed by atoms with Gasteiger partial charge < -0.3 is 22.6 Å². The van der Waals surface area contributed by atoms with Gasteiger partial charge in [0.2, 0.25) is 5.89 Å². The zero-order valence-corrected chi connectivity index (χ0v) is 26.9. The first-order chi connectivity index (χ1) is 25.2. The van der Waals surface area contributed by atoms with Crippen molar-refractivity contribution in [1.82, 2.24) is 4.98 Å². The van der Waals surface area contributed by atoms with Crippen molar-refractivity contribution in [3.05, 3.63) is 146 Å². The van der Waals surface area contributed by atoms with E-state index in [-0.39, 0.29) is 0 Å². The van der Waals surface area contributed by atoms with Crippen molar-refractivity contribution in [1.29, 1.82) is 0 Å². The third-order valence-corrected chi connectivity index (χ3v) is 10.2. The summed E-state index contributed by atoms with van der Waals surface area (Å²) in [6.45, 7) is 0. The fourth-order valence-corrected chi connectivity index (χ4v) is 7.98. The van der Waals surface area contributed by atoms with Gasteiger partial charge in [0.1, 0.15) is 39.0 Å². The molecule has 0 aliphatic carbocycles. The molecule has 0 bridgehead atoms. The van der Waals surface area contributed by atoms with Crippen LogP contribution in [0.3, 0.4) is 0 Å². The van der Waals surface area contributed by atoms with Crippen LogP contribution in [-0.4, -0.2) is 4.98 Å². The molecule has 0 aliphatic heterocycles. The molecule has 8 aromatic carbocycles.